The van der Waals surface area contributed by atoms with Crippen LogP contribution < -0.4 is 14.8 Å². The van der Waals surface area contributed by atoms with Gasteiger partial charge in [-0.2, -0.15) is 0 Å². The third-order valence-corrected chi connectivity index (χ3v) is 6.18. The van der Waals surface area contributed by atoms with Crippen molar-refractivity contribution in [2.45, 2.75) is 45.2 Å². The number of rotatable bonds is 14. The molecule has 1 unspecified atom stereocenters. The average molecular weight is 523 g/mol. The summed E-state index contributed by atoms with van der Waals surface area (Å²) < 4.78 is 11.1. The molecule has 0 saturated heterocycles. The first kappa shape index (κ1) is 28.1. The lowest BCUT2D eigenvalue weighted by molar-refractivity contribution is -0.141. The van der Waals surface area contributed by atoms with Crippen LogP contribution in [0, 0.1) is 0 Å². The SMILES string of the molecule is CCCNC(=O)C(Cc1ccccc1)N(Cc1cccc(OC)c1)C(=O)CCCOc1ccc(Cl)cc1. The van der Waals surface area contributed by atoms with E-state index in [2.05, 4.69) is 5.32 Å². The lowest BCUT2D eigenvalue weighted by Crippen LogP contribution is -2.50. The minimum absolute atomic E-state index is 0.102. The Labute approximate surface area is 224 Å². The van der Waals surface area contributed by atoms with Gasteiger partial charge in [0.1, 0.15) is 17.5 Å². The standard InChI is InChI=1S/C30H35ClN2O4/c1-3-18-32-30(35)28(21-23-9-5-4-6-10-23)33(22-24-11-7-12-27(20-24)36-2)29(34)13-8-19-37-26-16-14-25(31)15-17-26/h4-7,9-12,14-17,20,28H,3,8,13,18-19,21-22H2,1-2H3,(H,32,35). The van der Waals surface area contributed by atoms with Crippen molar-refractivity contribution < 1.29 is 19.1 Å². The summed E-state index contributed by atoms with van der Waals surface area (Å²) >= 11 is 5.93. The van der Waals surface area contributed by atoms with E-state index >= 15 is 0 Å². The molecular weight excluding hydrogens is 488 g/mol. The Balaban J connectivity index is 1.78. The lowest BCUT2D eigenvalue weighted by Gasteiger charge is -2.31. The fourth-order valence-corrected chi connectivity index (χ4v) is 4.10. The number of hydrogen-bond acceptors (Lipinski definition) is 4. The van der Waals surface area contributed by atoms with Crippen molar-refractivity contribution in [2.24, 2.45) is 0 Å². The first-order valence-electron chi connectivity index (χ1n) is 12.6. The van der Waals surface area contributed by atoms with Crippen molar-refractivity contribution in [3.8, 4) is 11.5 Å². The Hall–Kier alpha value is -3.51. The summed E-state index contributed by atoms with van der Waals surface area (Å²) in [6.07, 6.45) is 2.01. The van der Waals surface area contributed by atoms with E-state index in [1.807, 2.05) is 61.5 Å². The Morgan fingerprint density at radius 2 is 1.68 bits per heavy atom. The average Bonchev–Trinajstić information content (AvgIpc) is 2.93. The second kappa shape index (κ2) is 14.9. The van der Waals surface area contributed by atoms with Gasteiger partial charge in [0.15, 0.2) is 0 Å². The zero-order valence-corrected chi connectivity index (χ0v) is 22.2. The highest BCUT2D eigenvalue weighted by Crippen LogP contribution is 2.20. The van der Waals surface area contributed by atoms with E-state index in [4.69, 9.17) is 21.1 Å². The lowest BCUT2D eigenvalue weighted by atomic mass is 10.0. The van der Waals surface area contributed by atoms with Gasteiger partial charge < -0.3 is 19.7 Å². The normalized spacial score (nSPS) is 11.4. The number of ether oxygens (including phenoxy) is 2. The summed E-state index contributed by atoms with van der Waals surface area (Å²) in [5.74, 6) is 1.15. The number of carbonyl (C=O) groups is 2. The van der Waals surface area contributed by atoms with Crippen LogP contribution in [-0.2, 0) is 22.6 Å². The van der Waals surface area contributed by atoms with Gasteiger partial charge in [0, 0.05) is 31.0 Å². The molecule has 0 aliphatic carbocycles. The number of carbonyl (C=O) groups excluding carboxylic acids is 2. The first-order valence-corrected chi connectivity index (χ1v) is 13.0. The van der Waals surface area contributed by atoms with Crippen LogP contribution in [0.5, 0.6) is 11.5 Å². The van der Waals surface area contributed by atoms with E-state index in [9.17, 15) is 9.59 Å². The minimum atomic E-state index is -0.648. The quantitative estimate of drug-likeness (QED) is 0.277. The molecule has 3 aromatic rings. The molecule has 196 valence electrons. The number of methoxy groups -OCH3 is 1. The zero-order chi connectivity index (χ0) is 26.5. The molecule has 6 nitrogen and oxygen atoms in total. The van der Waals surface area contributed by atoms with Gasteiger partial charge in [-0.3, -0.25) is 9.59 Å². The van der Waals surface area contributed by atoms with Crippen molar-refractivity contribution in [3.63, 3.8) is 0 Å². The maximum absolute atomic E-state index is 13.6. The van der Waals surface area contributed by atoms with Crippen LogP contribution in [0.15, 0.2) is 78.9 Å². The number of hydrogen-bond donors (Lipinski definition) is 1. The molecule has 0 fully saturated rings. The molecule has 1 N–H and O–H groups in total. The summed E-state index contributed by atoms with van der Waals surface area (Å²) in [4.78, 5) is 28.6. The fourth-order valence-electron chi connectivity index (χ4n) is 3.98. The Bertz CT molecular complexity index is 1120. The molecule has 0 spiro atoms. The number of nitrogens with one attached hydrogen (secondary N) is 1. The van der Waals surface area contributed by atoms with Gasteiger partial charge in [0.2, 0.25) is 11.8 Å². The molecule has 0 aliphatic heterocycles. The van der Waals surface area contributed by atoms with Gasteiger partial charge in [-0.25, -0.2) is 0 Å². The molecule has 0 aliphatic rings. The van der Waals surface area contributed by atoms with Crippen LogP contribution >= 0.6 is 11.6 Å². The van der Waals surface area contributed by atoms with Crippen LogP contribution in [0.1, 0.15) is 37.3 Å². The molecule has 0 saturated carbocycles. The highest BCUT2D eigenvalue weighted by atomic mass is 35.5. The van der Waals surface area contributed by atoms with E-state index < -0.39 is 6.04 Å². The van der Waals surface area contributed by atoms with Crippen LogP contribution in [0.3, 0.4) is 0 Å². The van der Waals surface area contributed by atoms with Crippen molar-refractivity contribution in [1.29, 1.82) is 0 Å². The topological polar surface area (TPSA) is 67.9 Å². The minimum Gasteiger partial charge on any atom is -0.497 e. The largest absolute Gasteiger partial charge is 0.497 e. The predicted octanol–water partition coefficient (Wildman–Crippen LogP) is 5.67. The third kappa shape index (κ3) is 9.14. The molecule has 0 bridgehead atoms. The molecule has 0 radical (unpaired) electrons. The monoisotopic (exact) mass is 522 g/mol. The summed E-state index contributed by atoms with van der Waals surface area (Å²) in [5, 5.41) is 3.64. The molecule has 3 rings (SSSR count). The summed E-state index contributed by atoms with van der Waals surface area (Å²) in [5.41, 5.74) is 1.89. The molecule has 3 aromatic carbocycles. The maximum atomic E-state index is 13.6. The fraction of sp³-hybridized carbons (Fsp3) is 0.333. The van der Waals surface area contributed by atoms with Crippen molar-refractivity contribution >= 4 is 23.4 Å². The second-order valence-electron chi connectivity index (χ2n) is 8.78. The van der Waals surface area contributed by atoms with E-state index in [-0.39, 0.29) is 18.2 Å². The highest BCUT2D eigenvalue weighted by molar-refractivity contribution is 6.30. The first-order chi connectivity index (χ1) is 18.0. The van der Waals surface area contributed by atoms with Crippen molar-refractivity contribution in [1.82, 2.24) is 10.2 Å². The molecular formula is C30H35ClN2O4. The molecule has 0 aromatic heterocycles. The summed E-state index contributed by atoms with van der Waals surface area (Å²) in [6.45, 7) is 3.24. The Kier molecular flexibility index (Phi) is 11.3. The molecule has 0 heterocycles. The second-order valence-corrected chi connectivity index (χ2v) is 9.21. The number of nitrogens with zero attached hydrogens (tertiary/aromatic N) is 1. The molecule has 2 amide bonds. The molecule has 1 atom stereocenters. The Morgan fingerprint density at radius 1 is 0.946 bits per heavy atom. The number of halogens is 1. The van der Waals surface area contributed by atoms with Crippen LogP contribution in [0.4, 0.5) is 0 Å². The molecule has 7 heteroatoms. The summed E-state index contributed by atoms with van der Waals surface area (Å²) in [6, 6.07) is 23.9. The van der Waals surface area contributed by atoms with E-state index in [1.165, 1.54) is 0 Å². The van der Waals surface area contributed by atoms with Crippen molar-refractivity contribution in [2.75, 3.05) is 20.3 Å². The third-order valence-electron chi connectivity index (χ3n) is 5.92. The van der Waals surface area contributed by atoms with Crippen LogP contribution in [0.2, 0.25) is 5.02 Å². The zero-order valence-electron chi connectivity index (χ0n) is 21.5. The van der Waals surface area contributed by atoms with Gasteiger partial charge in [-0.05, 0) is 60.4 Å². The predicted molar refractivity (Wildman–Crippen MR) is 147 cm³/mol. The van der Waals surface area contributed by atoms with E-state index in [0.717, 1.165) is 17.5 Å². The van der Waals surface area contributed by atoms with Gasteiger partial charge in [0.05, 0.1) is 13.7 Å². The smallest absolute Gasteiger partial charge is 0.243 e. The van der Waals surface area contributed by atoms with Crippen LogP contribution in [0.25, 0.3) is 0 Å². The van der Waals surface area contributed by atoms with Gasteiger partial charge in [-0.15, -0.1) is 0 Å². The number of amides is 2. The Morgan fingerprint density at radius 3 is 2.38 bits per heavy atom. The van der Waals surface area contributed by atoms with Crippen molar-refractivity contribution in [3.05, 3.63) is 95.0 Å². The molecule has 37 heavy (non-hydrogen) atoms. The van der Waals surface area contributed by atoms with E-state index in [0.29, 0.717) is 49.1 Å². The highest BCUT2D eigenvalue weighted by Gasteiger charge is 2.30. The van der Waals surface area contributed by atoms with E-state index in [1.54, 1.807) is 36.3 Å². The van der Waals surface area contributed by atoms with Gasteiger partial charge in [-0.1, -0.05) is 61.0 Å². The summed E-state index contributed by atoms with van der Waals surface area (Å²) in [7, 11) is 1.61. The number of benzene rings is 3. The maximum Gasteiger partial charge on any atom is 0.243 e. The van der Waals surface area contributed by atoms with Gasteiger partial charge >= 0.3 is 0 Å². The van der Waals surface area contributed by atoms with Gasteiger partial charge in [0.25, 0.3) is 0 Å². The van der Waals surface area contributed by atoms with Crippen LogP contribution in [-0.4, -0.2) is 43.0 Å².